The maximum absolute atomic E-state index is 5.64. The molecule has 1 N–H and O–H groups in total. The van der Waals surface area contributed by atoms with E-state index in [0.717, 1.165) is 25.7 Å². The van der Waals surface area contributed by atoms with Crippen LogP contribution in [-0.2, 0) is 4.74 Å². The number of rotatable bonds is 10. The SMILES string of the molecule is CCCOCCC(CC)(CC)CNC1CC1. The van der Waals surface area contributed by atoms with E-state index in [0.29, 0.717) is 5.41 Å². The second-order valence-corrected chi connectivity index (χ2v) is 5.22. The first kappa shape index (κ1) is 14.0. The Kier molecular flexibility index (Phi) is 6.37. The van der Waals surface area contributed by atoms with Gasteiger partial charge in [-0.15, -0.1) is 0 Å². The van der Waals surface area contributed by atoms with Crippen molar-refractivity contribution < 1.29 is 4.74 Å². The van der Waals surface area contributed by atoms with Gasteiger partial charge in [-0.2, -0.15) is 0 Å². The predicted molar refractivity (Wildman–Crippen MR) is 69.8 cm³/mol. The van der Waals surface area contributed by atoms with Crippen molar-refractivity contribution in [3.05, 3.63) is 0 Å². The molecule has 0 amide bonds. The lowest BCUT2D eigenvalue weighted by Crippen LogP contribution is -2.35. The standard InChI is InChI=1S/C14H29NO/c1-4-10-16-11-9-14(5-2,6-3)12-15-13-7-8-13/h13,15H,4-12H2,1-3H3. The minimum absolute atomic E-state index is 0.469. The Balaban J connectivity index is 2.24. The quantitative estimate of drug-likeness (QED) is 0.578. The van der Waals surface area contributed by atoms with Crippen LogP contribution in [0.25, 0.3) is 0 Å². The Morgan fingerprint density at radius 1 is 1.12 bits per heavy atom. The number of hydrogen-bond donors (Lipinski definition) is 1. The summed E-state index contributed by atoms with van der Waals surface area (Å²) in [6.45, 7) is 9.83. The Morgan fingerprint density at radius 2 is 1.81 bits per heavy atom. The molecular formula is C14H29NO. The van der Waals surface area contributed by atoms with Crippen molar-refractivity contribution in [3.63, 3.8) is 0 Å². The van der Waals surface area contributed by atoms with Gasteiger partial charge >= 0.3 is 0 Å². The molecule has 0 aromatic rings. The highest BCUT2D eigenvalue weighted by molar-refractivity contribution is 4.86. The molecule has 0 heterocycles. The Hall–Kier alpha value is -0.0800. The van der Waals surface area contributed by atoms with Gasteiger partial charge in [0, 0.05) is 25.8 Å². The lowest BCUT2D eigenvalue weighted by Gasteiger charge is -2.32. The fraction of sp³-hybridized carbons (Fsp3) is 1.00. The van der Waals surface area contributed by atoms with E-state index in [-0.39, 0.29) is 0 Å². The average Bonchev–Trinajstić information content (AvgIpc) is 3.13. The third kappa shape index (κ3) is 4.84. The van der Waals surface area contributed by atoms with Gasteiger partial charge in [0.25, 0.3) is 0 Å². The van der Waals surface area contributed by atoms with E-state index in [1.807, 2.05) is 0 Å². The summed E-state index contributed by atoms with van der Waals surface area (Å²) in [5, 5.41) is 3.68. The summed E-state index contributed by atoms with van der Waals surface area (Å²) >= 11 is 0. The molecule has 1 aliphatic carbocycles. The van der Waals surface area contributed by atoms with Crippen molar-refractivity contribution in [1.29, 1.82) is 0 Å². The largest absolute Gasteiger partial charge is 0.381 e. The molecule has 1 saturated carbocycles. The van der Waals surface area contributed by atoms with Crippen molar-refractivity contribution in [1.82, 2.24) is 5.32 Å². The fourth-order valence-corrected chi connectivity index (χ4v) is 2.13. The summed E-state index contributed by atoms with van der Waals surface area (Å²) in [7, 11) is 0. The predicted octanol–water partition coefficient (Wildman–Crippen LogP) is 3.36. The molecule has 0 unspecified atom stereocenters. The minimum atomic E-state index is 0.469. The van der Waals surface area contributed by atoms with Crippen LogP contribution in [-0.4, -0.2) is 25.8 Å². The van der Waals surface area contributed by atoms with Crippen LogP contribution >= 0.6 is 0 Å². The molecule has 0 aromatic carbocycles. The lowest BCUT2D eigenvalue weighted by molar-refractivity contribution is 0.0881. The highest BCUT2D eigenvalue weighted by atomic mass is 16.5. The molecule has 0 spiro atoms. The second-order valence-electron chi connectivity index (χ2n) is 5.22. The highest BCUT2D eigenvalue weighted by Gasteiger charge is 2.29. The van der Waals surface area contributed by atoms with E-state index in [2.05, 4.69) is 26.1 Å². The van der Waals surface area contributed by atoms with Crippen LogP contribution in [0.1, 0.15) is 59.3 Å². The van der Waals surface area contributed by atoms with Gasteiger partial charge in [0.15, 0.2) is 0 Å². The molecule has 0 atom stereocenters. The summed E-state index contributed by atoms with van der Waals surface area (Å²) in [5.41, 5.74) is 0.469. The third-order valence-corrected chi connectivity index (χ3v) is 3.97. The zero-order chi connectivity index (χ0) is 11.9. The summed E-state index contributed by atoms with van der Waals surface area (Å²) < 4.78 is 5.64. The molecule has 2 nitrogen and oxygen atoms in total. The van der Waals surface area contributed by atoms with E-state index in [1.165, 1.54) is 38.6 Å². The maximum Gasteiger partial charge on any atom is 0.0471 e. The van der Waals surface area contributed by atoms with E-state index >= 15 is 0 Å². The smallest absolute Gasteiger partial charge is 0.0471 e. The van der Waals surface area contributed by atoms with Gasteiger partial charge in [0.1, 0.15) is 0 Å². The van der Waals surface area contributed by atoms with Gasteiger partial charge in [-0.05, 0) is 43.9 Å². The summed E-state index contributed by atoms with van der Waals surface area (Å²) in [6.07, 6.45) is 7.63. The number of hydrogen-bond acceptors (Lipinski definition) is 2. The van der Waals surface area contributed by atoms with E-state index < -0.39 is 0 Å². The normalized spacial score (nSPS) is 16.7. The maximum atomic E-state index is 5.64. The zero-order valence-corrected chi connectivity index (χ0v) is 11.3. The molecule has 0 aliphatic heterocycles. The van der Waals surface area contributed by atoms with Crippen molar-refractivity contribution in [3.8, 4) is 0 Å². The molecule has 0 aromatic heterocycles. The highest BCUT2D eigenvalue weighted by Crippen LogP contribution is 2.31. The van der Waals surface area contributed by atoms with Gasteiger partial charge in [-0.3, -0.25) is 0 Å². The summed E-state index contributed by atoms with van der Waals surface area (Å²) in [5.74, 6) is 0. The van der Waals surface area contributed by atoms with Crippen LogP contribution in [0, 0.1) is 5.41 Å². The van der Waals surface area contributed by atoms with E-state index in [4.69, 9.17) is 4.74 Å². The lowest BCUT2D eigenvalue weighted by atomic mass is 9.79. The first-order valence-electron chi connectivity index (χ1n) is 7.07. The number of ether oxygens (including phenoxy) is 1. The first-order valence-corrected chi connectivity index (χ1v) is 7.07. The van der Waals surface area contributed by atoms with Crippen molar-refractivity contribution in [2.75, 3.05) is 19.8 Å². The monoisotopic (exact) mass is 227 g/mol. The molecule has 1 rings (SSSR count). The van der Waals surface area contributed by atoms with Gasteiger partial charge in [-0.1, -0.05) is 20.8 Å². The average molecular weight is 227 g/mol. The second kappa shape index (κ2) is 7.29. The molecule has 1 aliphatic rings. The van der Waals surface area contributed by atoms with Crippen LogP contribution in [0.15, 0.2) is 0 Å². The zero-order valence-electron chi connectivity index (χ0n) is 11.3. The molecule has 1 fully saturated rings. The Bertz CT molecular complexity index is 174. The molecule has 16 heavy (non-hydrogen) atoms. The van der Waals surface area contributed by atoms with Crippen molar-refractivity contribution in [2.45, 2.75) is 65.3 Å². The molecule has 0 radical (unpaired) electrons. The van der Waals surface area contributed by atoms with Crippen LogP contribution in [0.5, 0.6) is 0 Å². The molecule has 2 heteroatoms. The summed E-state index contributed by atoms with van der Waals surface area (Å²) in [4.78, 5) is 0. The summed E-state index contributed by atoms with van der Waals surface area (Å²) in [6, 6.07) is 0.828. The van der Waals surface area contributed by atoms with Gasteiger partial charge in [-0.25, -0.2) is 0 Å². The minimum Gasteiger partial charge on any atom is -0.381 e. The Labute approximate surface area is 101 Å². The third-order valence-electron chi connectivity index (χ3n) is 3.97. The van der Waals surface area contributed by atoms with Crippen LogP contribution < -0.4 is 5.32 Å². The van der Waals surface area contributed by atoms with E-state index in [9.17, 15) is 0 Å². The topological polar surface area (TPSA) is 21.3 Å². The Morgan fingerprint density at radius 3 is 2.31 bits per heavy atom. The van der Waals surface area contributed by atoms with Crippen LogP contribution in [0.3, 0.4) is 0 Å². The molecule has 0 bridgehead atoms. The number of nitrogens with one attached hydrogen (secondary N) is 1. The van der Waals surface area contributed by atoms with Crippen LogP contribution in [0.2, 0.25) is 0 Å². The van der Waals surface area contributed by atoms with Crippen molar-refractivity contribution in [2.24, 2.45) is 5.41 Å². The molecule has 96 valence electrons. The van der Waals surface area contributed by atoms with Crippen molar-refractivity contribution >= 4 is 0 Å². The van der Waals surface area contributed by atoms with E-state index in [1.54, 1.807) is 0 Å². The molecular weight excluding hydrogens is 198 g/mol. The fourth-order valence-electron chi connectivity index (χ4n) is 2.13. The molecule has 0 saturated heterocycles. The van der Waals surface area contributed by atoms with Crippen LogP contribution in [0.4, 0.5) is 0 Å². The van der Waals surface area contributed by atoms with Gasteiger partial charge < -0.3 is 10.1 Å². The van der Waals surface area contributed by atoms with Gasteiger partial charge in [0.2, 0.25) is 0 Å². The first-order chi connectivity index (χ1) is 7.76. The van der Waals surface area contributed by atoms with Gasteiger partial charge in [0.05, 0.1) is 0 Å².